The van der Waals surface area contributed by atoms with Crippen molar-refractivity contribution in [1.29, 1.82) is 0 Å². The molecule has 1 heterocycles. The molecule has 1 aromatic heterocycles. The summed E-state index contributed by atoms with van der Waals surface area (Å²) in [5.74, 6) is 0.377. The van der Waals surface area contributed by atoms with Gasteiger partial charge in [-0.2, -0.15) is 0 Å². The first-order valence-corrected chi connectivity index (χ1v) is 4.82. The van der Waals surface area contributed by atoms with Crippen LogP contribution in [-0.2, 0) is 0 Å². The molecule has 0 amide bonds. The Morgan fingerprint density at radius 2 is 2.14 bits per heavy atom. The van der Waals surface area contributed by atoms with Crippen LogP contribution in [0.3, 0.4) is 0 Å². The lowest BCUT2D eigenvalue weighted by molar-refractivity contribution is 0.637. The number of aromatic amines is 1. The van der Waals surface area contributed by atoms with Crippen LogP contribution in [0.4, 0.5) is 10.1 Å². The summed E-state index contributed by atoms with van der Waals surface area (Å²) in [6.45, 7) is 0. The van der Waals surface area contributed by atoms with Crippen molar-refractivity contribution >= 4 is 16.6 Å². The normalized spacial score (nSPS) is 16.4. The topological polar surface area (TPSA) is 41.8 Å². The Morgan fingerprint density at radius 3 is 2.79 bits per heavy atom. The summed E-state index contributed by atoms with van der Waals surface area (Å²) in [6, 6.07) is 5.00. The van der Waals surface area contributed by atoms with Crippen LogP contribution in [-0.4, -0.2) is 4.98 Å². The molecule has 0 bridgehead atoms. The smallest absolute Gasteiger partial charge is 0.147 e. The number of nitrogen functional groups attached to an aromatic ring is 1. The third-order valence-electron chi connectivity index (χ3n) is 2.81. The van der Waals surface area contributed by atoms with Crippen molar-refractivity contribution in [2.45, 2.75) is 18.8 Å². The van der Waals surface area contributed by atoms with E-state index in [0.717, 1.165) is 11.1 Å². The van der Waals surface area contributed by atoms with Gasteiger partial charge in [0.05, 0.1) is 5.52 Å². The highest BCUT2D eigenvalue weighted by molar-refractivity contribution is 5.92. The number of H-pyrrole nitrogens is 1. The minimum atomic E-state index is -0.221. The number of nitrogens with two attached hydrogens (primary N) is 1. The van der Waals surface area contributed by atoms with Crippen molar-refractivity contribution in [3.63, 3.8) is 0 Å². The van der Waals surface area contributed by atoms with Crippen LogP contribution >= 0.6 is 0 Å². The Kier molecular flexibility index (Phi) is 1.40. The van der Waals surface area contributed by atoms with Crippen molar-refractivity contribution in [3.8, 4) is 0 Å². The zero-order chi connectivity index (χ0) is 9.71. The molecule has 3 rings (SSSR count). The highest BCUT2D eigenvalue weighted by Gasteiger charge is 2.25. The average molecular weight is 190 g/mol. The monoisotopic (exact) mass is 190 g/mol. The Balaban J connectivity index is 2.30. The predicted molar refractivity (Wildman–Crippen MR) is 54.6 cm³/mol. The van der Waals surface area contributed by atoms with E-state index in [1.54, 1.807) is 6.07 Å². The molecule has 3 heteroatoms. The SMILES string of the molecule is Nc1ccc(F)c2[nH]c(C3CC3)cc12. The van der Waals surface area contributed by atoms with E-state index in [4.69, 9.17) is 5.73 Å². The Morgan fingerprint density at radius 1 is 1.36 bits per heavy atom. The number of nitrogens with one attached hydrogen (secondary N) is 1. The minimum Gasteiger partial charge on any atom is -0.398 e. The number of anilines is 1. The molecule has 2 aromatic rings. The summed E-state index contributed by atoms with van der Waals surface area (Å²) in [7, 11) is 0. The third-order valence-corrected chi connectivity index (χ3v) is 2.81. The lowest BCUT2D eigenvalue weighted by Gasteiger charge is -1.95. The van der Waals surface area contributed by atoms with Gasteiger partial charge in [-0.25, -0.2) is 4.39 Å². The summed E-state index contributed by atoms with van der Waals surface area (Å²) in [4.78, 5) is 3.11. The summed E-state index contributed by atoms with van der Waals surface area (Å²) in [5.41, 5.74) is 8.09. The molecule has 0 saturated heterocycles. The zero-order valence-corrected chi connectivity index (χ0v) is 7.68. The van der Waals surface area contributed by atoms with Gasteiger partial charge >= 0.3 is 0 Å². The summed E-state index contributed by atoms with van der Waals surface area (Å²) < 4.78 is 13.4. The van der Waals surface area contributed by atoms with E-state index in [1.807, 2.05) is 6.07 Å². The minimum absolute atomic E-state index is 0.221. The van der Waals surface area contributed by atoms with E-state index in [0.29, 0.717) is 17.1 Å². The highest BCUT2D eigenvalue weighted by atomic mass is 19.1. The van der Waals surface area contributed by atoms with E-state index in [2.05, 4.69) is 4.98 Å². The molecule has 2 nitrogen and oxygen atoms in total. The maximum Gasteiger partial charge on any atom is 0.147 e. The molecule has 14 heavy (non-hydrogen) atoms. The molecule has 1 aliphatic carbocycles. The van der Waals surface area contributed by atoms with Gasteiger partial charge in [0.1, 0.15) is 5.82 Å². The second-order valence-corrected chi connectivity index (χ2v) is 3.92. The Bertz CT molecular complexity index is 458. The average Bonchev–Trinajstić information content (AvgIpc) is 2.92. The number of aromatic nitrogens is 1. The molecule has 1 aromatic carbocycles. The number of rotatable bonds is 1. The lowest BCUT2D eigenvalue weighted by Crippen LogP contribution is -1.86. The summed E-state index contributed by atoms with van der Waals surface area (Å²) in [6.07, 6.45) is 2.41. The van der Waals surface area contributed by atoms with E-state index in [9.17, 15) is 4.39 Å². The van der Waals surface area contributed by atoms with Gasteiger partial charge in [0.2, 0.25) is 0 Å². The van der Waals surface area contributed by atoms with Gasteiger partial charge in [0.25, 0.3) is 0 Å². The first-order valence-electron chi connectivity index (χ1n) is 4.82. The van der Waals surface area contributed by atoms with Gasteiger partial charge in [-0.05, 0) is 37.0 Å². The van der Waals surface area contributed by atoms with Crippen molar-refractivity contribution in [2.24, 2.45) is 0 Å². The van der Waals surface area contributed by atoms with Gasteiger partial charge in [0.15, 0.2) is 0 Å². The molecule has 0 aliphatic heterocycles. The molecule has 1 aliphatic rings. The highest BCUT2D eigenvalue weighted by Crippen LogP contribution is 2.41. The van der Waals surface area contributed by atoms with Crippen molar-refractivity contribution in [2.75, 3.05) is 5.73 Å². The van der Waals surface area contributed by atoms with Crippen molar-refractivity contribution < 1.29 is 4.39 Å². The molecule has 72 valence electrons. The summed E-state index contributed by atoms with van der Waals surface area (Å²) in [5, 5.41) is 0.812. The van der Waals surface area contributed by atoms with Crippen LogP contribution in [0.2, 0.25) is 0 Å². The van der Waals surface area contributed by atoms with Crippen LogP contribution in [0.1, 0.15) is 24.5 Å². The van der Waals surface area contributed by atoms with Gasteiger partial charge in [-0.15, -0.1) is 0 Å². The predicted octanol–water partition coefficient (Wildman–Crippen LogP) is 2.77. The fourth-order valence-corrected chi connectivity index (χ4v) is 1.84. The molecule has 0 atom stereocenters. The fraction of sp³-hybridized carbons (Fsp3) is 0.273. The molecule has 0 radical (unpaired) electrons. The zero-order valence-electron chi connectivity index (χ0n) is 7.68. The molecule has 0 unspecified atom stereocenters. The maximum absolute atomic E-state index is 13.4. The first kappa shape index (κ1) is 7.85. The van der Waals surface area contributed by atoms with Crippen LogP contribution in [0.25, 0.3) is 10.9 Å². The number of hydrogen-bond donors (Lipinski definition) is 2. The Hall–Kier alpha value is -1.51. The van der Waals surface area contributed by atoms with Crippen LogP contribution in [0.5, 0.6) is 0 Å². The number of benzene rings is 1. The van der Waals surface area contributed by atoms with E-state index < -0.39 is 0 Å². The summed E-state index contributed by atoms with van der Waals surface area (Å²) >= 11 is 0. The molecule has 0 spiro atoms. The molecule has 1 fully saturated rings. The van der Waals surface area contributed by atoms with Gasteiger partial charge in [-0.1, -0.05) is 0 Å². The molecule has 1 saturated carbocycles. The van der Waals surface area contributed by atoms with Crippen LogP contribution < -0.4 is 5.73 Å². The fourth-order valence-electron chi connectivity index (χ4n) is 1.84. The van der Waals surface area contributed by atoms with E-state index >= 15 is 0 Å². The molecule has 3 N–H and O–H groups in total. The van der Waals surface area contributed by atoms with Gasteiger partial charge in [0, 0.05) is 16.8 Å². The molecular formula is C11H11FN2. The quantitative estimate of drug-likeness (QED) is 0.667. The Labute approximate surface area is 80.9 Å². The van der Waals surface area contributed by atoms with Crippen LogP contribution in [0.15, 0.2) is 18.2 Å². The van der Waals surface area contributed by atoms with Crippen LogP contribution in [0, 0.1) is 5.82 Å². The molecular weight excluding hydrogens is 179 g/mol. The standard InChI is InChI=1S/C11H11FN2/c12-8-3-4-9(13)7-5-10(6-1-2-6)14-11(7)8/h3-6,14H,1-2,13H2. The number of fused-ring (bicyclic) bond motifs is 1. The maximum atomic E-state index is 13.4. The van der Waals surface area contributed by atoms with Gasteiger partial charge in [-0.3, -0.25) is 0 Å². The van der Waals surface area contributed by atoms with Crippen molar-refractivity contribution in [1.82, 2.24) is 4.98 Å². The largest absolute Gasteiger partial charge is 0.398 e. The van der Waals surface area contributed by atoms with Gasteiger partial charge < -0.3 is 10.7 Å². The van der Waals surface area contributed by atoms with E-state index in [1.165, 1.54) is 18.9 Å². The second-order valence-electron chi connectivity index (χ2n) is 3.92. The van der Waals surface area contributed by atoms with Crippen molar-refractivity contribution in [3.05, 3.63) is 29.7 Å². The third kappa shape index (κ3) is 1.02. The second kappa shape index (κ2) is 2.50. The number of halogens is 1. The first-order chi connectivity index (χ1) is 6.75. The van der Waals surface area contributed by atoms with E-state index in [-0.39, 0.29) is 5.82 Å². The number of hydrogen-bond acceptors (Lipinski definition) is 1. The lowest BCUT2D eigenvalue weighted by atomic mass is 10.2.